The quantitative estimate of drug-likeness (QED) is 0.721. The molecule has 0 atom stereocenters. The summed E-state index contributed by atoms with van der Waals surface area (Å²) < 4.78 is 0. The van der Waals surface area contributed by atoms with Crippen molar-refractivity contribution >= 4 is 5.91 Å². The maximum atomic E-state index is 11.3. The fourth-order valence-corrected chi connectivity index (χ4v) is 2.38. The Morgan fingerprint density at radius 2 is 1.93 bits per heavy atom. The van der Waals surface area contributed by atoms with Gasteiger partial charge in [-0.2, -0.15) is 0 Å². The average molecular weight is 197 g/mol. The first-order valence-corrected chi connectivity index (χ1v) is 5.99. The van der Waals surface area contributed by atoms with E-state index in [2.05, 4.69) is 12.2 Å². The zero-order valence-corrected chi connectivity index (χ0v) is 9.57. The van der Waals surface area contributed by atoms with Crippen molar-refractivity contribution in [3.63, 3.8) is 0 Å². The van der Waals surface area contributed by atoms with E-state index in [4.69, 9.17) is 0 Å². The smallest absolute Gasteiger partial charge is 0.220 e. The predicted molar refractivity (Wildman–Crippen MR) is 59.1 cm³/mol. The number of rotatable bonds is 5. The van der Waals surface area contributed by atoms with Gasteiger partial charge in [-0.25, -0.2) is 0 Å². The molecule has 1 aliphatic rings. The van der Waals surface area contributed by atoms with Crippen molar-refractivity contribution in [2.45, 2.75) is 58.8 Å². The zero-order chi connectivity index (χ0) is 10.4. The maximum Gasteiger partial charge on any atom is 0.220 e. The van der Waals surface area contributed by atoms with Gasteiger partial charge in [0.05, 0.1) is 0 Å². The topological polar surface area (TPSA) is 29.1 Å². The summed E-state index contributed by atoms with van der Waals surface area (Å²) in [6.07, 6.45) is 8.13. The molecule has 0 heterocycles. The van der Waals surface area contributed by atoms with Crippen molar-refractivity contribution in [1.29, 1.82) is 0 Å². The Morgan fingerprint density at radius 3 is 2.43 bits per heavy atom. The molecule has 0 spiro atoms. The summed E-state index contributed by atoms with van der Waals surface area (Å²) in [7, 11) is 0. The summed E-state index contributed by atoms with van der Waals surface area (Å²) in [5, 5.41) is 3.08. The van der Waals surface area contributed by atoms with Gasteiger partial charge in [-0.15, -0.1) is 0 Å². The molecule has 0 radical (unpaired) electrons. The Bertz CT molecular complexity index is 183. The van der Waals surface area contributed by atoms with Gasteiger partial charge in [0.25, 0.3) is 0 Å². The highest BCUT2D eigenvalue weighted by Crippen LogP contribution is 2.40. The van der Waals surface area contributed by atoms with Crippen LogP contribution in [0.4, 0.5) is 0 Å². The molecule has 1 aliphatic carbocycles. The van der Waals surface area contributed by atoms with E-state index in [1.807, 2.05) is 6.92 Å². The van der Waals surface area contributed by atoms with Crippen molar-refractivity contribution in [3.05, 3.63) is 0 Å². The lowest BCUT2D eigenvalue weighted by molar-refractivity contribution is -0.121. The first kappa shape index (κ1) is 11.5. The molecule has 1 saturated carbocycles. The lowest BCUT2D eigenvalue weighted by Crippen LogP contribution is -2.35. The third-order valence-electron chi connectivity index (χ3n) is 3.55. The van der Waals surface area contributed by atoms with Gasteiger partial charge in [0.1, 0.15) is 0 Å². The molecule has 0 aliphatic heterocycles. The second kappa shape index (κ2) is 5.38. The van der Waals surface area contributed by atoms with Gasteiger partial charge >= 0.3 is 0 Å². The van der Waals surface area contributed by atoms with E-state index in [1.54, 1.807) is 0 Å². The number of hydrogen-bond acceptors (Lipinski definition) is 1. The van der Waals surface area contributed by atoms with Crippen molar-refractivity contribution < 1.29 is 4.79 Å². The highest BCUT2D eigenvalue weighted by Gasteiger charge is 2.31. The van der Waals surface area contributed by atoms with Crippen LogP contribution < -0.4 is 5.32 Å². The van der Waals surface area contributed by atoms with Crippen molar-refractivity contribution in [2.24, 2.45) is 5.41 Å². The minimum absolute atomic E-state index is 0.229. The lowest BCUT2D eigenvalue weighted by atomic mass is 9.83. The van der Waals surface area contributed by atoms with Crippen LogP contribution >= 0.6 is 0 Å². The molecule has 0 aromatic heterocycles. The monoisotopic (exact) mass is 197 g/mol. The Kier molecular flexibility index (Phi) is 4.43. The molecule has 2 nitrogen and oxygen atoms in total. The summed E-state index contributed by atoms with van der Waals surface area (Å²) in [5.41, 5.74) is 0.434. The van der Waals surface area contributed by atoms with E-state index in [0.29, 0.717) is 11.8 Å². The highest BCUT2D eigenvalue weighted by atomic mass is 16.1. The number of carbonyl (C=O) groups excluding carboxylic acids is 1. The molecule has 2 heteroatoms. The molecule has 0 unspecified atom stereocenters. The summed E-state index contributed by atoms with van der Waals surface area (Å²) >= 11 is 0. The molecule has 82 valence electrons. The summed E-state index contributed by atoms with van der Waals surface area (Å²) in [5.74, 6) is 0.229. The fourth-order valence-electron chi connectivity index (χ4n) is 2.38. The molecule has 1 N–H and O–H groups in total. The third kappa shape index (κ3) is 3.00. The first-order valence-electron chi connectivity index (χ1n) is 5.99. The SMILES string of the molecule is CCCC(=O)NCC1(CC)CCCC1. The van der Waals surface area contributed by atoms with E-state index in [0.717, 1.165) is 13.0 Å². The Hall–Kier alpha value is -0.530. The van der Waals surface area contributed by atoms with E-state index in [-0.39, 0.29) is 5.91 Å². The minimum atomic E-state index is 0.229. The van der Waals surface area contributed by atoms with Crippen molar-refractivity contribution in [2.75, 3.05) is 6.54 Å². The fraction of sp³-hybridized carbons (Fsp3) is 0.917. The van der Waals surface area contributed by atoms with E-state index < -0.39 is 0 Å². The van der Waals surface area contributed by atoms with Crippen LogP contribution in [0.1, 0.15) is 58.8 Å². The Balaban J connectivity index is 2.30. The number of amides is 1. The van der Waals surface area contributed by atoms with Crippen LogP contribution in [0.5, 0.6) is 0 Å². The predicted octanol–water partition coefficient (Wildman–Crippen LogP) is 2.87. The van der Waals surface area contributed by atoms with E-state index in [1.165, 1.54) is 32.1 Å². The van der Waals surface area contributed by atoms with Crippen molar-refractivity contribution in [1.82, 2.24) is 5.32 Å². The van der Waals surface area contributed by atoms with Gasteiger partial charge in [-0.05, 0) is 31.1 Å². The summed E-state index contributed by atoms with van der Waals surface area (Å²) in [6.45, 7) is 5.20. The molecule has 0 aromatic rings. The Morgan fingerprint density at radius 1 is 1.29 bits per heavy atom. The van der Waals surface area contributed by atoms with Gasteiger partial charge in [0.2, 0.25) is 5.91 Å². The summed E-state index contributed by atoms with van der Waals surface area (Å²) in [4.78, 5) is 11.3. The second-order valence-electron chi connectivity index (χ2n) is 4.59. The highest BCUT2D eigenvalue weighted by molar-refractivity contribution is 5.75. The molecule has 1 rings (SSSR count). The molecular weight excluding hydrogens is 174 g/mol. The van der Waals surface area contributed by atoms with Crippen LogP contribution in [0.15, 0.2) is 0 Å². The maximum absolute atomic E-state index is 11.3. The van der Waals surface area contributed by atoms with Gasteiger partial charge in [0.15, 0.2) is 0 Å². The van der Waals surface area contributed by atoms with Crippen LogP contribution in [0.2, 0.25) is 0 Å². The van der Waals surface area contributed by atoms with Crippen LogP contribution in [-0.2, 0) is 4.79 Å². The molecular formula is C12H23NO. The summed E-state index contributed by atoms with van der Waals surface area (Å²) in [6, 6.07) is 0. The van der Waals surface area contributed by atoms with E-state index in [9.17, 15) is 4.79 Å². The number of nitrogens with one attached hydrogen (secondary N) is 1. The molecule has 1 fully saturated rings. The Labute approximate surface area is 87.5 Å². The number of carbonyl (C=O) groups is 1. The molecule has 14 heavy (non-hydrogen) atoms. The van der Waals surface area contributed by atoms with Gasteiger partial charge in [0, 0.05) is 13.0 Å². The van der Waals surface area contributed by atoms with Gasteiger partial charge in [-0.1, -0.05) is 26.7 Å². The normalized spacial score (nSPS) is 19.6. The van der Waals surface area contributed by atoms with Gasteiger partial charge in [-0.3, -0.25) is 4.79 Å². The molecule has 0 bridgehead atoms. The largest absolute Gasteiger partial charge is 0.356 e. The molecule has 0 saturated heterocycles. The zero-order valence-electron chi connectivity index (χ0n) is 9.57. The van der Waals surface area contributed by atoms with E-state index >= 15 is 0 Å². The van der Waals surface area contributed by atoms with Crippen LogP contribution in [-0.4, -0.2) is 12.5 Å². The van der Waals surface area contributed by atoms with Crippen LogP contribution in [0.3, 0.4) is 0 Å². The van der Waals surface area contributed by atoms with Crippen molar-refractivity contribution in [3.8, 4) is 0 Å². The third-order valence-corrected chi connectivity index (χ3v) is 3.55. The van der Waals surface area contributed by atoms with Gasteiger partial charge < -0.3 is 5.32 Å². The second-order valence-corrected chi connectivity index (χ2v) is 4.59. The van der Waals surface area contributed by atoms with Crippen LogP contribution in [0, 0.1) is 5.41 Å². The average Bonchev–Trinajstić information content (AvgIpc) is 2.65. The number of hydrogen-bond donors (Lipinski definition) is 1. The molecule has 0 aromatic carbocycles. The van der Waals surface area contributed by atoms with Crippen LogP contribution in [0.25, 0.3) is 0 Å². The minimum Gasteiger partial charge on any atom is -0.356 e. The first-order chi connectivity index (χ1) is 6.72. The molecule has 1 amide bonds. The standard InChI is InChI=1S/C12H23NO/c1-3-7-11(14)13-10-12(4-2)8-5-6-9-12/h3-10H2,1-2H3,(H,13,14). The lowest BCUT2D eigenvalue weighted by Gasteiger charge is -2.27.